The van der Waals surface area contributed by atoms with Crippen LogP contribution >= 0.6 is 11.6 Å². The number of benzene rings is 1. The van der Waals surface area contributed by atoms with Gasteiger partial charge in [-0.1, -0.05) is 11.6 Å². The van der Waals surface area contributed by atoms with Gasteiger partial charge in [0.25, 0.3) is 0 Å². The SMILES string of the molecule is Cc1cc(S(=O)(=O)NC2CCS(=O)CC2)cc(N)c1Cl. The Morgan fingerprint density at radius 1 is 1.35 bits per heavy atom. The summed E-state index contributed by atoms with van der Waals surface area (Å²) in [5, 5.41) is 0.372. The second-order valence-corrected chi connectivity index (χ2v) is 8.68. The molecule has 112 valence electrons. The highest BCUT2D eigenvalue weighted by Gasteiger charge is 2.24. The number of rotatable bonds is 3. The summed E-state index contributed by atoms with van der Waals surface area (Å²) in [7, 11) is -4.44. The number of halogens is 1. The van der Waals surface area contributed by atoms with Crippen molar-refractivity contribution in [1.29, 1.82) is 0 Å². The highest BCUT2D eigenvalue weighted by atomic mass is 35.5. The first-order chi connectivity index (χ1) is 9.29. The predicted octanol–water partition coefficient (Wildman–Crippen LogP) is 1.42. The Labute approximate surface area is 126 Å². The summed E-state index contributed by atoms with van der Waals surface area (Å²) in [5.41, 5.74) is 6.57. The quantitative estimate of drug-likeness (QED) is 0.817. The maximum Gasteiger partial charge on any atom is 0.240 e. The van der Waals surface area contributed by atoms with E-state index in [0.717, 1.165) is 0 Å². The molecule has 20 heavy (non-hydrogen) atoms. The van der Waals surface area contributed by atoms with E-state index >= 15 is 0 Å². The third-order valence-electron chi connectivity index (χ3n) is 3.28. The molecule has 1 aliphatic heterocycles. The summed E-state index contributed by atoms with van der Waals surface area (Å²) in [6.07, 6.45) is 1.18. The molecule has 3 N–H and O–H groups in total. The number of nitrogens with one attached hydrogen (secondary N) is 1. The summed E-state index contributed by atoms with van der Waals surface area (Å²) in [6.45, 7) is 1.71. The molecule has 0 unspecified atom stereocenters. The van der Waals surface area contributed by atoms with Gasteiger partial charge in [0.2, 0.25) is 10.0 Å². The Kier molecular flexibility index (Phi) is 4.73. The van der Waals surface area contributed by atoms with Crippen LogP contribution in [0.2, 0.25) is 5.02 Å². The van der Waals surface area contributed by atoms with Crippen molar-refractivity contribution in [3.8, 4) is 0 Å². The molecule has 5 nitrogen and oxygen atoms in total. The van der Waals surface area contributed by atoms with Gasteiger partial charge >= 0.3 is 0 Å². The van der Waals surface area contributed by atoms with E-state index in [1.165, 1.54) is 12.1 Å². The van der Waals surface area contributed by atoms with Gasteiger partial charge in [-0.2, -0.15) is 0 Å². The number of anilines is 1. The number of nitrogens with two attached hydrogens (primary N) is 1. The van der Waals surface area contributed by atoms with Gasteiger partial charge in [-0.15, -0.1) is 0 Å². The zero-order valence-electron chi connectivity index (χ0n) is 11.1. The fraction of sp³-hybridized carbons (Fsp3) is 0.500. The third-order valence-corrected chi connectivity index (χ3v) is 6.67. The van der Waals surface area contributed by atoms with E-state index in [2.05, 4.69) is 4.72 Å². The minimum atomic E-state index is -3.63. The first-order valence-corrected chi connectivity index (χ1v) is 9.57. The topological polar surface area (TPSA) is 89.3 Å². The van der Waals surface area contributed by atoms with Crippen LogP contribution in [0, 0.1) is 6.92 Å². The summed E-state index contributed by atoms with van der Waals surface area (Å²) in [5.74, 6) is 1.07. The van der Waals surface area contributed by atoms with Crippen LogP contribution in [0.15, 0.2) is 17.0 Å². The molecule has 1 fully saturated rings. The number of nitrogen functional groups attached to an aromatic ring is 1. The maximum absolute atomic E-state index is 12.3. The van der Waals surface area contributed by atoms with Crippen molar-refractivity contribution in [2.24, 2.45) is 0 Å². The van der Waals surface area contributed by atoms with Gasteiger partial charge in [0.1, 0.15) is 0 Å². The van der Waals surface area contributed by atoms with Crippen molar-refractivity contribution >= 4 is 38.1 Å². The Morgan fingerprint density at radius 2 is 1.95 bits per heavy atom. The molecular weight excluding hydrogens is 320 g/mol. The average molecular weight is 337 g/mol. The molecule has 1 aromatic rings. The minimum Gasteiger partial charge on any atom is -0.397 e. The van der Waals surface area contributed by atoms with Gasteiger partial charge in [-0.25, -0.2) is 13.1 Å². The summed E-state index contributed by atoms with van der Waals surface area (Å²) >= 11 is 5.93. The lowest BCUT2D eigenvalue weighted by Gasteiger charge is -2.22. The van der Waals surface area contributed by atoms with Crippen LogP contribution in [0.3, 0.4) is 0 Å². The van der Waals surface area contributed by atoms with Crippen LogP contribution in [-0.2, 0) is 20.8 Å². The summed E-state index contributed by atoms with van der Waals surface area (Å²) in [4.78, 5) is 0.114. The normalized spacial score (nSPS) is 23.7. The number of hydrogen-bond donors (Lipinski definition) is 2. The van der Waals surface area contributed by atoms with E-state index in [1.54, 1.807) is 6.92 Å². The van der Waals surface area contributed by atoms with E-state index in [1.807, 2.05) is 0 Å². The summed E-state index contributed by atoms with van der Waals surface area (Å²) < 4.78 is 38.5. The first kappa shape index (κ1) is 15.8. The highest BCUT2D eigenvalue weighted by molar-refractivity contribution is 7.89. The Hall–Kier alpha value is -0.630. The molecule has 1 heterocycles. The molecule has 2 rings (SSSR count). The van der Waals surface area contributed by atoms with Gasteiger partial charge < -0.3 is 5.73 Å². The molecule has 1 saturated heterocycles. The lowest BCUT2D eigenvalue weighted by molar-refractivity contribution is 0.522. The molecule has 0 atom stereocenters. The number of aryl methyl sites for hydroxylation is 1. The van der Waals surface area contributed by atoms with Crippen LogP contribution in [0.5, 0.6) is 0 Å². The Morgan fingerprint density at radius 3 is 2.50 bits per heavy atom. The Balaban J connectivity index is 2.20. The molecular formula is C12H17ClN2O3S2. The smallest absolute Gasteiger partial charge is 0.240 e. The monoisotopic (exact) mass is 336 g/mol. The largest absolute Gasteiger partial charge is 0.397 e. The van der Waals surface area contributed by atoms with Crippen molar-refractivity contribution in [1.82, 2.24) is 4.72 Å². The molecule has 0 saturated carbocycles. The van der Waals surface area contributed by atoms with Crippen LogP contribution in [0.1, 0.15) is 18.4 Å². The van der Waals surface area contributed by atoms with Crippen LogP contribution in [-0.4, -0.2) is 30.2 Å². The number of hydrogen-bond acceptors (Lipinski definition) is 4. The summed E-state index contributed by atoms with van der Waals surface area (Å²) in [6, 6.07) is 2.69. The fourth-order valence-electron chi connectivity index (χ4n) is 2.12. The highest BCUT2D eigenvalue weighted by Crippen LogP contribution is 2.27. The van der Waals surface area contributed by atoms with Gasteiger partial charge in [0, 0.05) is 28.3 Å². The van der Waals surface area contributed by atoms with Crippen LogP contribution in [0.4, 0.5) is 5.69 Å². The van der Waals surface area contributed by atoms with Crippen molar-refractivity contribution in [3.05, 3.63) is 22.7 Å². The van der Waals surface area contributed by atoms with Gasteiger partial charge in [-0.3, -0.25) is 4.21 Å². The second-order valence-electron chi connectivity index (χ2n) is 4.89. The van der Waals surface area contributed by atoms with E-state index < -0.39 is 20.8 Å². The Bertz CT molecular complexity index is 613. The van der Waals surface area contributed by atoms with E-state index in [0.29, 0.717) is 34.9 Å². The lowest BCUT2D eigenvalue weighted by atomic mass is 10.2. The molecule has 0 radical (unpaired) electrons. The average Bonchev–Trinajstić information content (AvgIpc) is 2.38. The van der Waals surface area contributed by atoms with Crippen molar-refractivity contribution in [3.63, 3.8) is 0 Å². The molecule has 0 amide bonds. The van der Waals surface area contributed by atoms with Crippen LogP contribution in [0.25, 0.3) is 0 Å². The van der Waals surface area contributed by atoms with E-state index in [-0.39, 0.29) is 16.6 Å². The lowest BCUT2D eigenvalue weighted by Crippen LogP contribution is -2.39. The molecule has 0 aliphatic carbocycles. The second kappa shape index (κ2) is 6.01. The zero-order valence-corrected chi connectivity index (χ0v) is 13.4. The zero-order chi connectivity index (χ0) is 14.9. The van der Waals surface area contributed by atoms with Gasteiger partial charge in [0.05, 0.1) is 15.6 Å². The fourth-order valence-corrected chi connectivity index (χ4v) is 4.95. The first-order valence-electron chi connectivity index (χ1n) is 6.22. The molecule has 1 aromatic carbocycles. The molecule has 0 bridgehead atoms. The van der Waals surface area contributed by atoms with Gasteiger partial charge in [-0.05, 0) is 37.5 Å². The van der Waals surface area contributed by atoms with Crippen molar-refractivity contribution in [2.75, 3.05) is 17.2 Å². The molecule has 1 aliphatic rings. The minimum absolute atomic E-state index is 0.114. The third kappa shape index (κ3) is 3.52. The predicted molar refractivity (Wildman–Crippen MR) is 81.8 cm³/mol. The standard InChI is InChI=1S/C12H17ClN2O3S2/c1-8-6-10(7-11(14)12(8)13)20(17,18)15-9-2-4-19(16)5-3-9/h6-7,9,15H,2-5,14H2,1H3. The van der Waals surface area contributed by atoms with Crippen molar-refractivity contribution < 1.29 is 12.6 Å². The molecule has 8 heteroatoms. The van der Waals surface area contributed by atoms with E-state index in [4.69, 9.17) is 17.3 Å². The van der Waals surface area contributed by atoms with Crippen LogP contribution < -0.4 is 10.5 Å². The molecule has 0 aromatic heterocycles. The number of sulfonamides is 1. The van der Waals surface area contributed by atoms with Crippen molar-refractivity contribution in [2.45, 2.75) is 30.7 Å². The van der Waals surface area contributed by atoms with E-state index in [9.17, 15) is 12.6 Å². The van der Waals surface area contributed by atoms with Gasteiger partial charge in [0.15, 0.2) is 0 Å². The maximum atomic E-state index is 12.3. The molecule has 0 spiro atoms.